The number of imidazole rings is 1. The number of hydrogen-bond acceptors (Lipinski definition) is 9. The van der Waals surface area contributed by atoms with Crippen LogP contribution in [-0.2, 0) is 11.0 Å². The molecule has 1 aromatic carbocycles. The minimum atomic E-state index is -4.57. The monoisotopic (exact) mass is 541 g/mol. The van der Waals surface area contributed by atoms with Crippen LogP contribution in [0.1, 0.15) is 5.56 Å². The van der Waals surface area contributed by atoms with Crippen molar-refractivity contribution in [2.75, 3.05) is 49.8 Å². The van der Waals surface area contributed by atoms with Gasteiger partial charge in [-0.25, -0.2) is 15.0 Å². The minimum absolute atomic E-state index is 0.0949. The number of nitrogens with zero attached hydrogens (tertiary/aromatic N) is 6. The highest BCUT2D eigenvalue weighted by atomic mass is 19.4. The zero-order chi connectivity index (χ0) is 28.2. The second kappa shape index (κ2) is 11.3. The molecule has 0 atom stereocenters. The summed E-state index contributed by atoms with van der Waals surface area (Å²) < 4.78 is 47.1. The lowest BCUT2D eigenvalue weighted by atomic mass is 10.2. The number of carbonyl (C=O) groups is 1. The van der Waals surface area contributed by atoms with Crippen molar-refractivity contribution >= 4 is 34.6 Å². The third kappa shape index (κ3) is 5.90. The number of hydrogen-bond donors (Lipinski definition) is 3. The molecular weight excluding hydrogens is 515 g/mol. The molecule has 3 N–H and O–H groups in total. The van der Waals surface area contributed by atoms with Crippen LogP contribution in [0, 0.1) is 0 Å². The summed E-state index contributed by atoms with van der Waals surface area (Å²) in [5.41, 5.74) is 0.716. The molecule has 3 aromatic heterocycles. The minimum Gasteiger partial charge on any atom is -0.494 e. The van der Waals surface area contributed by atoms with Crippen molar-refractivity contribution < 1.29 is 22.7 Å². The van der Waals surface area contributed by atoms with Gasteiger partial charge in [-0.1, -0.05) is 6.58 Å². The maximum absolute atomic E-state index is 13.4. The maximum atomic E-state index is 13.4. The Balaban J connectivity index is 1.72. The van der Waals surface area contributed by atoms with Gasteiger partial charge in [0.15, 0.2) is 5.82 Å². The van der Waals surface area contributed by atoms with Gasteiger partial charge >= 0.3 is 6.18 Å². The van der Waals surface area contributed by atoms with Crippen molar-refractivity contribution in [3.05, 3.63) is 61.2 Å². The molecule has 3 heterocycles. The number of likely N-dealkylation sites (N-methyl/N-ethyl adjacent to an activating group) is 2. The summed E-state index contributed by atoms with van der Waals surface area (Å²) >= 11 is 0. The summed E-state index contributed by atoms with van der Waals surface area (Å²) in [7, 11) is 5.21. The largest absolute Gasteiger partial charge is 0.494 e. The van der Waals surface area contributed by atoms with Crippen LogP contribution < -0.4 is 25.6 Å². The molecule has 0 spiro atoms. The molecule has 0 aliphatic carbocycles. The summed E-state index contributed by atoms with van der Waals surface area (Å²) in [6, 6.07) is 5.66. The number of fused-ring (bicyclic) bond motifs is 1. The van der Waals surface area contributed by atoms with Gasteiger partial charge in [-0.2, -0.15) is 18.2 Å². The number of methoxy groups -OCH3 is 1. The number of halogens is 3. The summed E-state index contributed by atoms with van der Waals surface area (Å²) in [5.74, 6) is 0.228. The van der Waals surface area contributed by atoms with E-state index in [9.17, 15) is 18.0 Å². The average molecular weight is 542 g/mol. The van der Waals surface area contributed by atoms with Gasteiger partial charge in [-0.15, -0.1) is 0 Å². The highest BCUT2D eigenvalue weighted by molar-refractivity contribution is 6.02. The molecule has 0 aliphatic heterocycles. The van der Waals surface area contributed by atoms with Crippen LogP contribution in [0.5, 0.6) is 5.75 Å². The van der Waals surface area contributed by atoms with Gasteiger partial charge in [0.2, 0.25) is 11.9 Å². The van der Waals surface area contributed by atoms with Gasteiger partial charge in [0.05, 0.1) is 35.9 Å². The Bertz CT molecular complexity index is 1500. The van der Waals surface area contributed by atoms with Crippen LogP contribution in [0.4, 0.5) is 36.2 Å². The number of amides is 1. The number of aromatic nitrogens is 5. The van der Waals surface area contributed by atoms with Gasteiger partial charge < -0.3 is 25.6 Å². The number of carbonyl (C=O) groups excluding carboxylic acids is 1. The fourth-order valence-corrected chi connectivity index (χ4v) is 3.83. The van der Waals surface area contributed by atoms with Crippen LogP contribution in [-0.4, -0.2) is 64.5 Å². The maximum Gasteiger partial charge on any atom is 0.419 e. The van der Waals surface area contributed by atoms with Crippen LogP contribution >= 0.6 is 0 Å². The van der Waals surface area contributed by atoms with E-state index in [1.54, 1.807) is 12.1 Å². The molecule has 1 amide bonds. The van der Waals surface area contributed by atoms with E-state index in [-0.39, 0.29) is 23.1 Å². The molecule has 204 valence electrons. The van der Waals surface area contributed by atoms with E-state index in [0.29, 0.717) is 35.9 Å². The van der Waals surface area contributed by atoms with Gasteiger partial charge in [-0.05, 0) is 31.3 Å². The summed E-state index contributed by atoms with van der Waals surface area (Å²) in [4.78, 5) is 30.7. The number of nitrogens with one attached hydrogen (secondary N) is 3. The first-order valence-electron chi connectivity index (χ1n) is 11.7. The molecule has 39 heavy (non-hydrogen) atoms. The number of alkyl halides is 3. The number of benzene rings is 1. The fourth-order valence-electron chi connectivity index (χ4n) is 3.83. The average Bonchev–Trinajstić information content (AvgIpc) is 3.35. The highest BCUT2D eigenvalue weighted by Gasteiger charge is 2.34. The van der Waals surface area contributed by atoms with Gasteiger partial charge in [0.1, 0.15) is 23.4 Å². The lowest BCUT2D eigenvalue weighted by Gasteiger charge is -2.24. The Kier molecular flexibility index (Phi) is 7.95. The Morgan fingerprint density at radius 1 is 1.23 bits per heavy atom. The van der Waals surface area contributed by atoms with Gasteiger partial charge in [0, 0.05) is 32.4 Å². The third-order valence-electron chi connectivity index (χ3n) is 5.76. The molecule has 4 aromatic rings. The Morgan fingerprint density at radius 3 is 2.72 bits per heavy atom. The van der Waals surface area contributed by atoms with Crippen LogP contribution in [0.15, 0.2) is 55.6 Å². The first-order chi connectivity index (χ1) is 18.7. The summed E-state index contributed by atoms with van der Waals surface area (Å²) in [6.07, 6.45) is 0.532. The van der Waals surface area contributed by atoms with E-state index in [0.717, 1.165) is 12.1 Å². The predicted octanol–water partition coefficient (Wildman–Crippen LogP) is 3.74. The summed E-state index contributed by atoms with van der Waals surface area (Å²) in [5, 5.41) is 8.92. The van der Waals surface area contributed by atoms with E-state index in [2.05, 4.69) is 42.5 Å². The number of anilines is 4. The quantitative estimate of drug-likeness (QED) is 0.258. The first kappa shape index (κ1) is 27.3. The lowest BCUT2D eigenvalue weighted by molar-refractivity contribution is -0.136. The van der Waals surface area contributed by atoms with E-state index in [1.165, 1.54) is 36.3 Å². The molecule has 14 heteroatoms. The van der Waals surface area contributed by atoms with E-state index in [4.69, 9.17) is 4.74 Å². The molecule has 4 rings (SSSR count). The number of ether oxygens (including phenoxy) is 1. The van der Waals surface area contributed by atoms with Crippen LogP contribution in [0.3, 0.4) is 0 Å². The van der Waals surface area contributed by atoms with Crippen molar-refractivity contribution in [2.45, 2.75) is 6.18 Å². The normalized spacial score (nSPS) is 11.3. The van der Waals surface area contributed by atoms with E-state index < -0.39 is 17.6 Å². The molecule has 0 radical (unpaired) electrons. The van der Waals surface area contributed by atoms with Gasteiger partial charge in [-0.3, -0.25) is 9.20 Å². The molecule has 0 saturated carbocycles. The van der Waals surface area contributed by atoms with Crippen LogP contribution in [0.2, 0.25) is 0 Å². The second-order valence-corrected chi connectivity index (χ2v) is 8.30. The zero-order valence-electron chi connectivity index (χ0n) is 21.4. The molecule has 0 unspecified atom stereocenters. The smallest absolute Gasteiger partial charge is 0.419 e. The number of rotatable bonds is 10. The van der Waals surface area contributed by atoms with E-state index >= 15 is 0 Å². The Morgan fingerprint density at radius 2 is 2.03 bits per heavy atom. The van der Waals surface area contributed by atoms with Crippen molar-refractivity contribution in [2.24, 2.45) is 0 Å². The Hall–Kier alpha value is -4.72. The molecule has 0 aliphatic rings. The topological polar surface area (TPSA) is 122 Å². The predicted molar refractivity (Wildman–Crippen MR) is 141 cm³/mol. The third-order valence-corrected chi connectivity index (χ3v) is 5.76. The Labute approximate surface area is 221 Å². The summed E-state index contributed by atoms with van der Waals surface area (Å²) in [6.45, 7) is 4.86. The highest BCUT2D eigenvalue weighted by Crippen LogP contribution is 2.38. The molecule has 0 saturated heterocycles. The van der Waals surface area contributed by atoms with Crippen molar-refractivity contribution in [1.82, 2.24) is 29.7 Å². The lowest BCUT2D eigenvalue weighted by Crippen LogP contribution is -2.28. The molecule has 11 nitrogen and oxygen atoms in total. The fraction of sp³-hybridized carbons (Fsp3) is 0.240. The van der Waals surface area contributed by atoms with Crippen molar-refractivity contribution in [1.29, 1.82) is 0 Å². The number of pyridine rings is 1. The molecule has 0 fully saturated rings. The SMILES string of the molecule is C=CC(=O)Nc1cc(Nc2ncnc(-c3cnc4c(C(F)(F)F)cccn34)n2)c(OC)cc1N(C)CCNC. The molecule has 0 bridgehead atoms. The van der Waals surface area contributed by atoms with Gasteiger partial charge in [0.25, 0.3) is 0 Å². The standard InChI is InChI=1S/C25H26F3N9O2/c1-5-21(38)33-16-11-17(20(39-4)12-18(16)36(3)10-8-29-2)34-24-32-14-31-22(35-24)19-13-30-23-15(25(26,27)28)7-6-9-37(19)23/h5-7,9,11-14,29H,1,8,10H2,2-4H3,(H,33,38)(H,31,32,34,35). The van der Waals surface area contributed by atoms with Crippen molar-refractivity contribution in [3.63, 3.8) is 0 Å². The molecular formula is C25H26F3N9O2. The zero-order valence-corrected chi connectivity index (χ0v) is 21.4. The van der Waals surface area contributed by atoms with Crippen LogP contribution in [0.25, 0.3) is 17.2 Å². The first-order valence-corrected chi connectivity index (χ1v) is 11.7. The van der Waals surface area contributed by atoms with Crippen molar-refractivity contribution in [3.8, 4) is 17.3 Å². The second-order valence-electron chi connectivity index (χ2n) is 8.30. The van der Waals surface area contributed by atoms with E-state index in [1.807, 2.05) is 19.0 Å².